The van der Waals surface area contributed by atoms with Crippen molar-refractivity contribution in [1.82, 2.24) is 9.88 Å². The van der Waals surface area contributed by atoms with Gasteiger partial charge >= 0.3 is 6.36 Å². The van der Waals surface area contributed by atoms with Crippen molar-refractivity contribution in [3.05, 3.63) is 65.4 Å². The van der Waals surface area contributed by atoms with E-state index in [0.29, 0.717) is 24.0 Å². The van der Waals surface area contributed by atoms with Gasteiger partial charge < -0.3 is 9.47 Å². The van der Waals surface area contributed by atoms with Crippen molar-refractivity contribution >= 4 is 22.4 Å². The molecule has 0 amide bonds. The van der Waals surface area contributed by atoms with Crippen LogP contribution in [0.4, 0.5) is 13.2 Å². The lowest BCUT2D eigenvalue weighted by Crippen LogP contribution is -2.36. The van der Waals surface area contributed by atoms with E-state index in [4.69, 9.17) is 16.3 Å². The lowest BCUT2D eigenvalue weighted by Gasteiger charge is -2.27. The summed E-state index contributed by atoms with van der Waals surface area (Å²) in [5, 5.41) is 2.20. The molecule has 4 nitrogen and oxygen atoms in total. The fourth-order valence-corrected chi connectivity index (χ4v) is 3.99. The molecule has 1 saturated heterocycles. The summed E-state index contributed by atoms with van der Waals surface area (Å²) in [5.74, 6) is 0.468. The molecule has 8 heteroatoms. The van der Waals surface area contributed by atoms with Crippen molar-refractivity contribution in [3.63, 3.8) is 0 Å². The number of alkyl halides is 3. The fourth-order valence-electron chi connectivity index (χ4n) is 3.78. The average Bonchev–Trinajstić information content (AvgIpc) is 3.05. The highest BCUT2D eigenvalue weighted by Crippen LogP contribution is 2.35. The van der Waals surface area contributed by atoms with Gasteiger partial charge in [-0.25, -0.2) is 4.98 Å². The van der Waals surface area contributed by atoms with Gasteiger partial charge in [0.2, 0.25) is 0 Å². The normalized spacial score (nSPS) is 19.9. The van der Waals surface area contributed by atoms with Crippen LogP contribution < -0.4 is 9.47 Å². The molecule has 0 radical (unpaired) electrons. The number of pyridine rings is 1. The zero-order chi connectivity index (χ0) is 21.4. The maximum Gasteiger partial charge on any atom is 0.573 e. The Hall–Kier alpha value is -2.51. The van der Waals surface area contributed by atoms with E-state index in [1.54, 1.807) is 18.3 Å². The molecule has 1 aliphatic heterocycles. The van der Waals surface area contributed by atoms with Crippen LogP contribution in [0.1, 0.15) is 18.9 Å². The van der Waals surface area contributed by atoms with Crippen molar-refractivity contribution < 1.29 is 22.6 Å². The van der Waals surface area contributed by atoms with E-state index in [2.05, 4.69) is 21.5 Å². The molecule has 1 aliphatic rings. The summed E-state index contributed by atoms with van der Waals surface area (Å²) in [5.41, 5.74) is 0.504. The number of rotatable bonds is 5. The molecule has 0 aliphatic carbocycles. The summed E-state index contributed by atoms with van der Waals surface area (Å²) in [6.45, 7) is 4.17. The van der Waals surface area contributed by atoms with Crippen molar-refractivity contribution in [2.45, 2.75) is 31.9 Å². The van der Waals surface area contributed by atoms with E-state index in [9.17, 15) is 13.2 Å². The van der Waals surface area contributed by atoms with Gasteiger partial charge in [0.1, 0.15) is 22.3 Å². The number of likely N-dealkylation sites (tertiary alicyclic amines) is 1. The molecule has 2 heterocycles. The first-order chi connectivity index (χ1) is 14.2. The van der Waals surface area contributed by atoms with E-state index in [0.717, 1.165) is 29.3 Å². The highest BCUT2D eigenvalue weighted by Gasteiger charge is 2.36. The molecule has 2 aromatic carbocycles. The Labute approximate surface area is 177 Å². The summed E-state index contributed by atoms with van der Waals surface area (Å²) < 4.78 is 47.2. The van der Waals surface area contributed by atoms with E-state index in [1.165, 1.54) is 12.1 Å². The predicted molar refractivity (Wildman–Crippen MR) is 109 cm³/mol. The smallest absolute Gasteiger partial charge is 0.484 e. The number of hydrogen-bond donors (Lipinski definition) is 0. The van der Waals surface area contributed by atoms with E-state index < -0.39 is 12.0 Å². The summed E-state index contributed by atoms with van der Waals surface area (Å²) in [4.78, 5) is 6.45. The highest BCUT2D eigenvalue weighted by molar-refractivity contribution is 6.34. The molecule has 30 heavy (non-hydrogen) atoms. The second-order valence-electron chi connectivity index (χ2n) is 7.66. The molecular formula is C22H20ClF3N2O2. The molecule has 0 saturated carbocycles. The number of fused-ring (bicyclic) bond motifs is 1. The molecule has 1 unspecified atom stereocenters. The third kappa shape index (κ3) is 4.79. The van der Waals surface area contributed by atoms with Crippen molar-refractivity contribution in [2.24, 2.45) is 0 Å². The molecule has 1 atom stereocenters. The quantitative estimate of drug-likeness (QED) is 0.471. The van der Waals surface area contributed by atoms with Crippen molar-refractivity contribution in [1.29, 1.82) is 0 Å². The van der Waals surface area contributed by atoms with Gasteiger partial charge in [0.25, 0.3) is 0 Å². The molecule has 3 aromatic rings. The van der Waals surface area contributed by atoms with Gasteiger partial charge in [-0.15, -0.1) is 13.2 Å². The topological polar surface area (TPSA) is 34.6 Å². The Bertz CT molecular complexity index is 1040. The van der Waals surface area contributed by atoms with Crippen molar-refractivity contribution in [2.75, 3.05) is 13.1 Å². The number of nitrogens with zero attached hydrogens (tertiary/aromatic N) is 2. The number of halogens is 4. The summed E-state index contributed by atoms with van der Waals surface area (Å²) in [6.07, 6.45) is -2.21. The molecule has 1 fully saturated rings. The minimum Gasteiger partial charge on any atom is -0.484 e. The Balaban J connectivity index is 1.42. The number of hydrogen-bond acceptors (Lipinski definition) is 4. The molecular weight excluding hydrogens is 417 g/mol. The highest BCUT2D eigenvalue weighted by atomic mass is 35.5. The first-order valence-corrected chi connectivity index (χ1v) is 9.88. The van der Waals surface area contributed by atoms with Gasteiger partial charge in [0, 0.05) is 36.8 Å². The molecule has 4 rings (SSSR count). The van der Waals surface area contributed by atoms with Crippen LogP contribution in [-0.4, -0.2) is 34.9 Å². The van der Waals surface area contributed by atoms with Crippen LogP contribution in [-0.2, 0) is 6.54 Å². The number of benzene rings is 2. The Kier molecular flexibility index (Phi) is 5.51. The van der Waals surface area contributed by atoms with Gasteiger partial charge in [-0.3, -0.25) is 4.90 Å². The number of aromatic nitrogens is 1. The van der Waals surface area contributed by atoms with Crippen LogP contribution in [0.5, 0.6) is 11.5 Å². The zero-order valence-corrected chi connectivity index (χ0v) is 17.0. The largest absolute Gasteiger partial charge is 0.573 e. The monoisotopic (exact) mass is 436 g/mol. The number of ether oxygens (including phenoxy) is 2. The van der Waals surface area contributed by atoms with Gasteiger partial charge in [-0.05, 0) is 24.6 Å². The first-order valence-electron chi connectivity index (χ1n) is 9.50. The van der Waals surface area contributed by atoms with Crippen molar-refractivity contribution in [3.8, 4) is 11.5 Å². The molecule has 158 valence electrons. The van der Waals surface area contributed by atoms with Crippen LogP contribution in [0.15, 0.2) is 54.7 Å². The SMILES string of the molecule is CC1(Oc2cnc(Cl)c3ccccc23)CCN(Cc2ccc(OC(F)(F)F)cc2)C1. The van der Waals surface area contributed by atoms with Crippen LogP contribution in [0.2, 0.25) is 5.15 Å². The third-order valence-electron chi connectivity index (χ3n) is 5.14. The zero-order valence-electron chi connectivity index (χ0n) is 16.2. The Morgan fingerprint density at radius 1 is 1.10 bits per heavy atom. The Morgan fingerprint density at radius 3 is 2.50 bits per heavy atom. The van der Waals surface area contributed by atoms with Crippen LogP contribution >= 0.6 is 11.6 Å². The lowest BCUT2D eigenvalue weighted by atomic mass is 10.1. The molecule has 0 N–H and O–H groups in total. The average molecular weight is 437 g/mol. The summed E-state index contributed by atoms with van der Waals surface area (Å²) in [6, 6.07) is 13.7. The molecule has 1 aromatic heterocycles. The van der Waals surface area contributed by atoms with Crippen LogP contribution in [0, 0.1) is 0 Å². The van der Waals surface area contributed by atoms with Gasteiger partial charge in [-0.1, -0.05) is 48.0 Å². The lowest BCUT2D eigenvalue weighted by molar-refractivity contribution is -0.274. The second-order valence-corrected chi connectivity index (χ2v) is 8.02. The summed E-state index contributed by atoms with van der Waals surface area (Å²) in [7, 11) is 0. The van der Waals surface area contributed by atoms with Gasteiger partial charge in [-0.2, -0.15) is 0 Å². The first kappa shape index (κ1) is 20.8. The summed E-state index contributed by atoms with van der Waals surface area (Å²) >= 11 is 6.19. The van der Waals surface area contributed by atoms with Crippen LogP contribution in [0.25, 0.3) is 10.8 Å². The second kappa shape index (κ2) is 7.96. The standard InChI is InChI=1S/C22H20ClF3N2O2/c1-21(30-19-12-27-20(23)18-5-3-2-4-17(18)19)10-11-28(14-21)13-15-6-8-16(9-7-15)29-22(24,25)26/h2-9,12H,10-11,13-14H2,1H3. The minimum absolute atomic E-state index is 0.219. The van der Waals surface area contributed by atoms with E-state index >= 15 is 0 Å². The van der Waals surface area contributed by atoms with E-state index in [1.807, 2.05) is 24.3 Å². The third-order valence-corrected chi connectivity index (χ3v) is 5.45. The fraction of sp³-hybridized carbons (Fsp3) is 0.318. The van der Waals surface area contributed by atoms with Crippen LogP contribution in [0.3, 0.4) is 0 Å². The molecule has 0 spiro atoms. The molecule has 0 bridgehead atoms. The maximum absolute atomic E-state index is 12.3. The predicted octanol–water partition coefficient (Wildman–Crippen LogP) is 5.83. The maximum atomic E-state index is 12.3. The minimum atomic E-state index is -4.68. The Morgan fingerprint density at radius 2 is 1.80 bits per heavy atom. The van der Waals surface area contributed by atoms with E-state index in [-0.39, 0.29) is 5.75 Å². The van der Waals surface area contributed by atoms with Gasteiger partial charge in [0.05, 0.1) is 6.20 Å². The van der Waals surface area contributed by atoms with Gasteiger partial charge in [0.15, 0.2) is 0 Å².